The number of benzene rings is 1. The van der Waals surface area contributed by atoms with Crippen LogP contribution in [0.1, 0.15) is 56.0 Å². The molecule has 3 N–H and O–H groups in total. The summed E-state index contributed by atoms with van der Waals surface area (Å²) < 4.78 is 0. The van der Waals surface area contributed by atoms with E-state index in [0.29, 0.717) is 21.7 Å². The van der Waals surface area contributed by atoms with Gasteiger partial charge in [0.05, 0.1) is 17.2 Å². The molecule has 1 heterocycles. The lowest BCUT2D eigenvalue weighted by atomic mass is 10.0. The molecule has 0 fully saturated rings. The van der Waals surface area contributed by atoms with E-state index in [0.717, 1.165) is 42.5 Å². The number of carbonyl (C=O) groups is 2. The third-order valence-electron chi connectivity index (χ3n) is 4.15. The zero-order valence-electron chi connectivity index (χ0n) is 13.1. The molecule has 1 aromatic carbocycles. The van der Waals surface area contributed by atoms with Gasteiger partial charge >= 0.3 is 0 Å². The van der Waals surface area contributed by atoms with Crippen molar-refractivity contribution < 1.29 is 9.59 Å². The second kappa shape index (κ2) is 6.85. The van der Waals surface area contributed by atoms with Crippen LogP contribution in [0.3, 0.4) is 0 Å². The van der Waals surface area contributed by atoms with E-state index >= 15 is 0 Å². The first-order valence-electron chi connectivity index (χ1n) is 7.86. The number of primary amides is 1. The fourth-order valence-corrected chi connectivity index (χ4v) is 4.29. The number of carbonyl (C=O) groups excluding carboxylic acids is 2. The van der Waals surface area contributed by atoms with E-state index < -0.39 is 5.91 Å². The van der Waals surface area contributed by atoms with Gasteiger partial charge in [-0.3, -0.25) is 9.59 Å². The van der Waals surface area contributed by atoms with Gasteiger partial charge in [0, 0.05) is 10.4 Å². The van der Waals surface area contributed by atoms with Gasteiger partial charge in [-0.25, -0.2) is 0 Å². The standard InChI is InChI=1S/C18H17N3O2S/c19-10-11-5-4-6-12(9-11)17(23)21-18-15(16(20)22)13-7-2-1-3-8-14(13)24-18/h4-6,9H,1-3,7-8H2,(H2,20,22)(H,21,23). The fourth-order valence-electron chi connectivity index (χ4n) is 3.00. The first kappa shape index (κ1) is 16.2. The normalized spacial score (nSPS) is 13.5. The largest absolute Gasteiger partial charge is 0.365 e. The van der Waals surface area contributed by atoms with E-state index in [1.54, 1.807) is 18.2 Å². The molecule has 6 heteroatoms. The minimum Gasteiger partial charge on any atom is -0.365 e. The van der Waals surface area contributed by atoms with Crippen molar-refractivity contribution in [1.82, 2.24) is 0 Å². The monoisotopic (exact) mass is 339 g/mol. The molecule has 3 rings (SSSR count). The minimum absolute atomic E-state index is 0.342. The molecule has 0 radical (unpaired) electrons. The van der Waals surface area contributed by atoms with Gasteiger partial charge in [0.2, 0.25) is 0 Å². The Morgan fingerprint density at radius 1 is 1.21 bits per heavy atom. The lowest BCUT2D eigenvalue weighted by Gasteiger charge is -2.06. The number of hydrogen-bond donors (Lipinski definition) is 2. The molecule has 5 nitrogen and oxygen atoms in total. The van der Waals surface area contributed by atoms with Crippen molar-refractivity contribution >= 4 is 28.2 Å². The number of amides is 2. The summed E-state index contributed by atoms with van der Waals surface area (Å²) in [5, 5.41) is 12.3. The molecule has 0 atom stereocenters. The number of nitrogens with two attached hydrogens (primary N) is 1. The molecular weight excluding hydrogens is 322 g/mol. The lowest BCUT2D eigenvalue weighted by Crippen LogP contribution is -2.18. The topological polar surface area (TPSA) is 96.0 Å². The van der Waals surface area contributed by atoms with Crippen LogP contribution in [-0.2, 0) is 12.8 Å². The average Bonchev–Trinajstić information content (AvgIpc) is 2.76. The Hall–Kier alpha value is -2.65. The van der Waals surface area contributed by atoms with Gasteiger partial charge in [-0.2, -0.15) is 5.26 Å². The summed E-state index contributed by atoms with van der Waals surface area (Å²) >= 11 is 1.44. The highest BCUT2D eigenvalue weighted by atomic mass is 32.1. The van der Waals surface area contributed by atoms with Crippen LogP contribution >= 0.6 is 11.3 Å². The number of nitriles is 1. The molecule has 24 heavy (non-hydrogen) atoms. The van der Waals surface area contributed by atoms with Crippen molar-refractivity contribution in [3.63, 3.8) is 0 Å². The average molecular weight is 339 g/mol. The van der Waals surface area contributed by atoms with Gasteiger partial charge in [0.25, 0.3) is 11.8 Å². The zero-order chi connectivity index (χ0) is 17.1. The smallest absolute Gasteiger partial charge is 0.256 e. The Morgan fingerprint density at radius 2 is 2.00 bits per heavy atom. The molecule has 1 aromatic heterocycles. The van der Waals surface area contributed by atoms with Crippen molar-refractivity contribution in [1.29, 1.82) is 5.26 Å². The predicted octanol–water partition coefficient (Wildman–Crippen LogP) is 3.24. The van der Waals surface area contributed by atoms with E-state index in [1.165, 1.54) is 17.4 Å². The Kier molecular flexibility index (Phi) is 4.63. The third-order valence-corrected chi connectivity index (χ3v) is 5.36. The quantitative estimate of drug-likeness (QED) is 0.840. The lowest BCUT2D eigenvalue weighted by molar-refractivity contribution is 0.100. The van der Waals surface area contributed by atoms with E-state index in [2.05, 4.69) is 5.32 Å². The van der Waals surface area contributed by atoms with Crippen molar-refractivity contribution in [3.8, 4) is 6.07 Å². The predicted molar refractivity (Wildman–Crippen MR) is 93.2 cm³/mol. The molecule has 1 aliphatic rings. The summed E-state index contributed by atoms with van der Waals surface area (Å²) in [5.41, 5.74) is 7.80. The number of thiophene rings is 1. The van der Waals surface area contributed by atoms with E-state index in [-0.39, 0.29) is 5.91 Å². The van der Waals surface area contributed by atoms with Crippen LogP contribution < -0.4 is 11.1 Å². The van der Waals surface area contributed by atoms with Gasteiger partial charge in [0.1, 0.15) is 5.00 Å². The number of anilines is 1. The van der Waals surface area contributed by atoms with Gasteiger partial charge < -0.3 is 11.1 Å². The summed E-state index contributed by atoms with van der Waals surface area (Å²) in [6, 6.07) is 8.47. The number of aryl methyl sites for hydroxylation is 1. The number of nitrogens with zero attached hydrogens (tertiary/aromatic N) is 1. The van der Waals surface area contributed by atoms with Gasteiger partial charge in [0.15, 0.2) is 0 Å². The maximum Gasteiger partial charge on any atom is 0.256 e. The summed E-state index contributed by atoms with van der Waals surface area (Å²) in [7, 11) is 0. The summed E-state index contributed by atoms with van der Waals surface area (Å²) in [5.74, 6) is -0.846. The fraction of sp³-hybridized carbons (Fsp3) is 0.278. The molecular formula is C18H17N3O2S. The summed E-state index contributed by atoms with van der Waals surface area (Å²) in [6.45, 7) is 0. The highest BCUT2D eigenvalue weighted by Crippen LogP contribution is 2.37. The van der Waals surface area contributed by atoms with Crippen LogP contribution in [0.2, 0.25) is 0 Å². The van der Waals surface area contributed by atoms with Crippen molar-refractivity contribution in [2.45, 2.75) is 32.1 Å². The van der Waals surface area contributed by atoms with Gasteiger partial charge in [-0.15, -0.1) is 11.3 Å². The molecule has 0 unspecified atom stereocenters. The van der Waals surface area contributed by atoms with Crippen LogP contribution in [0.15, 0.2) is 24.3 Å². The molecule has 0 bridgehead atoms. The maximum absolute atomic E-state index is 12.5. The van der Waals surface area contributed by atoms with Crippen LogP contribution in [0.25, 0.3) is 0 Å². The first-order valence-corrected chi connectivity index (χ1v) is 8.67. The Labute approximate surface area is 144 Å². The molecule has 0 saturated carbocycles. The molecule has 2 aromatic rings. The van der Waals surface area contributed by atoms with Crippen LogP contribution in [0.5, 0.6) is 0 Å². The molecule has 122 valence electrons. The zero-order valence-corrected chi connectivity index (χ0v) is 13.9. The van der Waals surface area contributed by atoms with Crippen LogP contribution in [0.4, 0.5) is 5.00 Å². The molecule has 0 aliphatic heterocycles. The molecule has 2 amide bonds. The second-order valence-corrected chi connectivity index (χ2v) is 6.88. The minimum atomic E-state index is -0.504. The summed E-state index contributed by atoms with van der Waals surface area (Å²) in [6.07, 6.45) is 5.00. The van der Waals surface area contributed by atoms with E-state index in [4.69, 9.17) is 11.0 Å². The molecule has 0 saturated heterocycles. The highest BCUT2D eigenvalue weighted by Gasteiger charge is 2.24. The Bertz CT molecular complexity index is 848. The molecule has 1 aliphatic carbocycles. The Morgan fingerprint density at radius 3 is 2.75 bits per heavy atom. The number of fused-ring (bicyclic) bond motifs is 1. The first-order chi connectivity index (χ1) is 11.6. The maximum atomic E-state index is 12.5. The SMILES string of the molecule is N#Cc1cccc(C(=O)Nc2sc3c(c2C(N)=O)CCCCC3)c1. The van der Waals surface area contributed by atoms with Crippen molar-refractivity contribution in [2.75, 3.05) is 5.32 Å². The number of hydrogen-bond acceptors (Lipinski definition) is 4. The number of rotatable bonds is 3. The van der Waals surface area contributed by atoms with Crippen molar-refractivity contribution in [2.24, 2.45) is 5.73 Å². The summed E-state index contributed by atoms with van der Waals surface area (Å²) in [4.78, 5) is 25.5. The van der Waals surface area contributed by atoms with E-state index in [9.17, 15) is 9.59 Å². The molecule has 0 spiro atoms. The van der Waals surface area contributed by atoms with Gasteiger partial charge in [-0.1, -0.05) is 12.5 Å². The van der Waals surface area contributed by atoms with Crippen LogP contribution in [0, 0.1) is 11.3 Å². The van der Waals surface area contributed by atoms with Crippen LogP contribution in [-0.4, -0.2) is 11.8 Å². The second-order valence-electron chi connectivity index (χ2n) is 5.78. The van der Waals surface area contributed by atoms with E-state index in [1.807, 2.05) is 6.07 Å². The third kappa shape index (κ3) is 3.17. The number of nitrogens with one attached hydrogen (secondary N) is 1. The van der Waals surface area contributed by atoms with Gasteiger partial charge in [-0.05, 0) is 49.4 Å². The van der Waals surface area contributed by atoms with Crippen molar-refractivity contribution in [3.05, 3.63) is 51.4 Å². The highest BCUT2D eigenvalue weighted by molar-refractivity contribution is 7.17. The Balaban J connectivity index is 1.93.